The SMILES string of the molecule is CC(C)(C)C(=O)Nc1nnc([C@H]2CC(=O)N(c3ccccc3)C2)s1. The van der Waals surface area contributed by atoms with E-state index in [1.54, 1.807) is 4.90 Å². The molecule has 1 aliphatic rings. The fourth-order valence-corrected chi connectivity index (χ4v) is 3.29. The van der Waals surface area contributed by atoms with Gasteiger partial charge < -0.3 is 10.2 Å². The van der Waals surface area contributed by atoms with E-state index in [0.717, 1.165) is 10.7 Å². The summed E-state index contributed by atoms with van der Waals surface area (Å²) < 4.78 is 0. The number of aromatic nitrogens is 2. The van der Waals surface area contributed by atoms with Crippen LogP contribution in [0.5, 0.6) is 0 Å². The fraction of sp³-hybridized carbons (Fsp3) is 0.412. The Labute approximate surface area is 144 Å². The Hall–Kier alpha value is -2.28. The summed E-state index contributed by atoms with van der Waals surface area (Å²) in [6, 6.07) is 9.61. The van der Waals surface area contributed by atoms with Gasteiger partial charge in [0.25, 0.3) is 0 Å². The van der Waals surface area contributed by atoms with Gasteiger partial charge in [-0.1, -0.05) is 50.3 Å². The molecule has 0 spiro atoms. The molecule has 1 N–H and O–H groups in total. The largest absolute Gasteiger partial charge is 0.312 e. The lowest BCUT2D eigenvalue weighted by Crippen LogP contribution is -2.27. The lowest BCUT2D eigenvalue weighted by atomic mass is 9.96. The molecular formula is C17H20N4O2S. The van der Waals surface area contributed by atoms with Gasteiger partial charge in [-0.15, -0.1) is 10.2 Å². The molecule has 24 heavy (non-hydrogen) atoms. The zero-order chi connectivity index (χ0) is 17.3. The molecule has 0 saturated carbocycles. The van der Waals surface area contributed by atoms with Gasteiger partial charge in [0.15, 0.2) is 0 Å². The van der Waals surface area contributed by atoms with Crippen molar-refractivity contribution in [2.75, 3.05) is 16.8 Å². The first-order valence-corrected chi connectivity index (χ1v) is 8.66. The number of rotatable bonds is 3. The minimum Gasteiger partial charge on any atom is -0.312 e. The topological polar surface area (TPSA) is 75.2 Å². The second-order valence-electron chi connectivity index (χ2n) is 6.89. The van der Waals surface area contributed by atoms with E-state index in [1.165, 1.54) is 11.3 Å². The minimum atomic E-state index is -0.487. The highest BCUT2D eigenvalue weighted by Gasteiger charge is 2.34. The number of amides is 2. The molecule has 0 aliphatic carbocycles. The monoisotopic (exact) mass is 344 g/mol. The van der Waals surface area contributed by atoms with Crippen LogP contribution in [-0.4, -0.2) is 28.6 Å². The van der Waals surface area contributed by atoms with Crippen LogP contribution in [0.25, 0.3) is 0 Å². The van der Waals surface area contributed by atoms with Crippen molar-refractivity contribution in [3.05, 3.63) is 35.3 Å². The predicted molar refractivity (Wildman–Crippen MR) is 94.1 cm³/mol. The normalized spacial score (nSPS) is 18.0. The van der Waals surface area contributed by atoms with E-state index in [-0.39, 0.29) is 17.7 Å². The van der Waals surface area contributed by atoms with Gasteiger partial charge in [-0.2, -0.15) is 0 Å². The zero-order valence-electron chi connectivity index (χ0n) is 13.9. The molecule has 2 amide bonds. The second kappa shape index (κ2) is 6.32. The highest BCUT2D eigenvalue weighted by atomic mass is 32.1. The van der Waals surface area contributed by atoms with Crippen LogP contribution < -0.4 is 10.2 Å². The first-order valence-electron chi connectivity index (χ1n) is 7.85. The molecule has 1 aromatic heterocycles. The van der Waals surface area contributed by atoms with Crippen molar-refractivity contribution in [2.45, 2.75) is 33.1 Å². The number of hydrogen-bond donors (Lipinski definition) is 1. The third-order valence-electron chi connectivity index (χ3n) is 3.88. The van der Waals surface area contributed by atoms with Crippen molar-refractivity contribution in [3.8, 4) is 0 Å². The van der Waals surface area contributed by atoms with Crippen LogP contribution >= 0.6 is 11.3 Å². The predicted octanol–water partition coefficient (Wildman–Crippen LogP) is 3.04. The highest BCUT2D eigenvalue weighted by molar-refractivity contribution is 7.15. The Bertz CT molecular complexity index is 751. The first-order chi connectivity index (χ1) is 11.3. The number of nitrogens with zero attached hydrogens (tertiary/aromatic N) is 3. The van der Waals surface area contributed by atoms with E-state index in [4.69, 9.17) is 0 Å². The number of carbonyl (C=O) groups excluding carboxylic acids is 2. The van der Waals surface area contributed by atoms with E-state index in [0.29, 0.717) is 18.1 Å². The molecule has 2 aromatic rings. The molecule has 0 radical (unpaired) electrons. The molecule has 0 unspecified atom stereocenters. The molecule has 126 valence electrons. The summed E-state index contributed by atoms with van der Waals surface area (Å²) in [5.74, 6) is -0.00391. The van der Waals surface area contributed by atoms with Gasteiger partial charge in [-0.05, 0) is 12.1 Å². The van der Waals surface area contributed by atoms with Gasteiger partial charge >= 0.3 is 0 Å². The van der Waals surface area contributed by atoms with Crippen molar-refractivity contribution >= 4 is 34.0 Å². The Morgan fingerprint density at radius 2 is 1.96 bits per heavy atom. The standard InChI is InChI=1S/C17H20N4O2S/c1-17(2,3)15(23)18-16-20-19-14(24-16)11-9-13(22)21(10-11)12-7-5-4-6-8-12/h4-8,11H,9-10H2,1-3H3,(H,18,20,23)/t11-/m0/s1. The molecule has 1 atom stereocenters. The van der Waals surface area contributed by atoms with Crippen molar-refractivity contribution in [1.29, 1.82) is 0 Å². The number of hydrogen-bond acceptors (Lipinski definition) is 5. The lowest BCUT2D eigenvalue weighted by Gasteiger charge is -2.16. The summed E-state index contributed by atoms with van der Waals surface area (Å²) in [6.45, 7) is 6.12. The average molecular weight is 344 g/mol. The summed E-state index contributed by atoms with van der Waals surface area (Å²) in [7, 11) is 0. The molecule has 1 aliphatic heterocycles. The van der Waals surface area contributed by atoms with Crippen LogP contribution in [0.1, 0.15) is 38.1 Å². The molecule has 7 heteroatoms. The average Bonchev–Trinajstić information content (AvgIpc) is 3.14. The molecule has 6 nitrogen and oxygen atoms in total. The van der Waals surface area contributed by atoms with Crippen LogP contribution in [-0.2, 0) is 9.59 Å². The highest BCUT2D eigenvalue weighted by Crippen LogP contribution is 2.34. The van der Waals surface area contributed by atoms with E-state index in [2.05, 4.69) is 15.5 Å². The summed E-state index contributed by atoms with van der Waals surface area (Å²) in [5, 5.41) is 12.3. The van der Waals surface area contributed by atoms with Crippen LogP contribution in [0.3, 0.4) is 0 Å². The van der Waals surface area contributed by atoms with E-state index >= 15 is 0 Å². The quantitative estimate of drug-likeness (QED) is 0.928. The third-order valence-corrected chi connectivity index (χ3v) is 4.89. The van der Waals surface area contributed by atoms with Crippen LogP contribution in [0.15, 0.2) is 30.3 Å². The number of nitrogens with one attached hydrogen (secondary N) is 1. The Morgan fingerprint density at radius 3 is 2.62 bits per heavy atom. The number of carbonyl (C=O) groups is 2. The molecule has 2 heterocycles. The third kappa shape index (κ3) is 3.46. The van der Waals surface area contributed by atoms with Gasteiger partial charge in [-0.25, -0.2) is 0 Å². The summed E-state index contributed by atoms with van der Waals surface area (Å²) in [5.41, 5.74) is 0.412. The van der Waals surface area contributed by atoms with Crippen LogP contribution in [0.2, 0.25) is 0 Å². The van der Waals surface area contributed by atoms with E-state index < -0.39 is 5.41 Å². The molecule has 0 bridgehead atoms. The van der Waals surface area contributed by atoms with E-state index in [1.807, 2.05) is 51.1 Å². The molecule has 1 saturated heterocycles. The van der Waals surface area contributed by atoms with Gasteiger partial charge in [-0.3, -0.25) is 9.59 Å². The van der Waals surface area contributed by atoms with E-state index in [9.17, 15) is 9.59 Å². The fourth-order valence-electron chi connectivity index (χ4n) is 2.47. The Kier molecular flexibility index (Phi) is 4.36. The molecule has 1 aromatic carbocycles. The molecule has 1 fully saturated rings. The van der Waals surface area contributed by atoms with Gasteiger partial charge in [0.1, 0.15) is 5.01 Å². The smallest absolute Gasteiger partial charge is 0.231 e. The minimum absolute atomic E-state index is 0.00972. The van der Waals surface area contributed by atoms with Crippen molar-refractivity contribution in [1.82, 2.24) is 10.2 Å². The van der Waals surface area contributed by atoms with Crippen molar-refractivity contribution in [2.24, 2.45) is 5.41 Å². The van der Waals surface area contributed by atoms with Crippen LogP contribution in [0, 0.1) is 5.41 Å². The number of para-hydroxylation sites is 1. The number of anilines is 2. The second-order valence-corrected chi connectivity index (χ2v) is 7.90. The van der Waals surface area contributed by atoms with Crippen LogP contribution in [0.4, 0.5) is 10.8 Å². The summed E-state index contributed by atoms with van der Waals surface area (Å²) >= 11 is 1.34. The Balaban J connectivity index is 1.70. The first kappa shape index (κ1) is 16.6. The van der Waals surface area contributed by atoms with Crippen molar-refractivity contribution < 1.29 is 9.59 Å². The maximum Gasteiger partial charge on any atom is 0.231 e. The maximum atomic E-state index is 12.3. The lowest BCUT2D eigenvalue weighted by molar-refractivity contribution is -0.123. The Morgan fingerprint density at radius 1 is 1.25 bits per heavy atom. The van der Waals surface area contributed by atoms with Crippen molar-refractivity contribution in [3.63, 3.8) is 0 Å². The maximum absolute atomic E-state index is 12.3. The van der Waals surface area contributed by atoms with Gasteiger partial charge in [0.05, 0.1) is 0 Å². The van der Waals surface area contributed by atoms with Gasteiger partial charge in [0.2, 0.25) is 16.9 Å². The molecule has 3 rings (SSSR count). The number of benzene rings is 1. The van der Waals surface area contributed by atoms with Gasteiger partial charge in [0, 0.05) is 30.0 Å². The zero-order valence-corrected chi connectivity index (χ0v) is 14.8. The summed E-state index contributed by atoms with van der Waals surface area (Å²) in [6.07, 6.45) is 0.413. The summed E-state index contributed by atoms with van der Waals surface area (Å²) in [4.78, 5) is 26.1. The molecular weight excluding hydrogens is 324 g/mol.